The van der Waals surface area contributed by atoms with Gasteiger partial charge in [0.2, 0.25) is 0 Å². The first-order chi connectivity index (χ1) is 13.4. The number of aromatic amines is 1. The van der Waals surface area contributed by atoms with Crippen molar-refractivity contribution in [1.29, 1.82) is 0 Å². The number of nitrogens with one attached hydrogen (secondary N) is 1. The lowest BCUT2D eigenvalue weighted by atomic mass is 9.90. The molecule has 0 unspecified atom stereocenters. The van der Waals surface area contributed by atoms with E-state index in [9.17, 15) is 0 Å². The summed E-state index contributed by atoms with van der Waals surface area (Å²) in [6.45, 7) is 11.7. The van der Waals surface area contributed by atoms with Gasteiger partial charge >= 0.3 is 0 Å². The molecule has 0 bridgehead atoms. The normalized spacial score (nSPS) is 12.0. The molecular weight excluding hydrogens is 346 g/mol. The third kappa shape index (κ3) is 3.44. The highest BCUT2D eigenvalue weighted by molar-refractivity contribution is 5.89. The summed E-state index contributed by atoms with van der Waals surface area (Å²) in [6, 6.07) is 10.5. The first-order valence-corrected chi connectivity index (χ1v) is 9.82. The maximum Gasteiger partial charge on any atom is 0.0930 e. The van der Waals surface area contributed by atoms with Crippen molar-refractivity contribution < 1.29 is 0 Å². The van der Waals surface area contributed by atoms with Crippen LogP contribution >= 0.6 is 0 Å². The minimum Gasteiger partial charge on any atom is -0.282 e. The van der Waals surface area contributed by atoms with Gasteiger partial charge in [-0.3, -0.25) is 14.8 Å². The molecule has 4 rings (SSSR count). The zero-order chi connectivity index (χ0) is 19.9. The van der Waals surface area contributed by atoms with E-state index in [0.717, 1.165) is 57.6 Å². The second-order valence-corrected chi connectivity index (χ2v) is 8.37. The van der Waals surface area contributed by atoms with Gasteiger partial charge in [0, 0.05) is 46.2 Å². The molecule has 5 nitrogen and oxygen atoms in total. The Morgan fingerprint density at radius 3 is 2.68 bits per heavy atom. The zero-order valence-corrected chi connectivity index (χ0v) is 17.2. The highest BCUT2D eigenvalue weighted by atomic mass is 15.3. The third-order valence-electron chi connectivity index (χ3n) is 5.55. The summed E-state index contributed by atoms with van der Waals surface area (Å²) in [5.41, 5.74) is 7.49. The lowest BCUT2D eigenvalue weighted by Crippen LogP contribution is -2.18. The Morgan fingerprint density at radius 1 is 1.07 bits per heavy atom. The molecule has 4 aromatic rings. The molecule has 1 N–H and O–H groups in total. The van der Waals surface area contributed by atoms with Crippen molar-refractivity contribution in [3.8, 4) is 22.4 Å². The topological polar surface area (TPSA) is 59.4 Å². The molecule has 144 valence electrons. The molecular formula is C23H27N5. The fourth-order valence-corrected chi connectivity index (χ4v) is 3.44. The summed E-state index contributed by atoms with van der Waals surface area (Å²) in [6.07, 6.45) is 5.19. The first kappa shape index (κ1) is 18.4. The zero-order valence-electron chi connectivity index (χ0n) is 17.2. The second-order valence-electron chi connectivity index (χ2n) is 8.37. The van der Waals surface area contributed by atoms with Crippen molar-refractivity contribution in [3.05, 3.63) is 54.1 Å². The van der Waals surface area contributed by atoms with Crippen LogP contribution in [-0.4, -0.2) is 25.0 Å². The quantitative estimate of drug-likeness (QED) is 0.499. The van der Waals surface area contributed by atoms with Crippen molar-refractivity contribution in [2.24, 2.45) is 5.41 Å². The number of aromatic nitrogens is 5. The number of hydrogen-bond donors (Lipinski definition) is 1. The molecule has 0 aliphatic rings. The van der Waals surface area contributed by atoms with Gasteiger partial charge in [-0.2, -0.15) is 10.2 Å². The summed E-state index contributed by atoms with van der Waals surface area (Å²) in [5.74, 6) is 0. The Morgan fingerprint density at radius 2 is 1.89 bits per heavy atom. The van der Waals surface area contributed by atoms with E-state index in [1.54, 1.807) is 0 Å². The first-order valence-electron chi connectivity index (χ1n) is 9.82. The highest BCUT2D eigenvalue weighted by Crippen LogP contribution is 2.33. The van der Waals surface area contributed by atoms with E-state index in [4.69, 9.17) is 4.98 Å². The van der Waals surface area contributed by atoms with Crippen LogP contribution in [0.4, 0.5) is 0 Å². The van der Waals surface area contributed by atoms with E-state index in [2.05, 4.69) is 72.6 Å². The molecule has 0 spiro atoms. The molecule has 1 aromatic carbocycles. The minimum absolute atomic E-state index is 0.223. The van der Waals surface area contributed by atoms with Crippen molar-refractivity contribution >= 4 is 10.9 Å². The summed E-state index contributed by atoms with van der Waals surface area (Å²) in [5, 5.41) is 13.2. The van der Waals surface area contributed by atoms with Crippen molar-refractivity contribution in [1.82, 2.24) is 25.0 Å². The second kappa shape index (κ2) is 6.89. The average Bonchev–Trinajstić information content (AvgIpc) is 3.28. The molecule has 0 saturated heterocycles. The number of hydrogen-bond acceptors (Lipinski definition) is 3. The maximum absolute atomic E-state index is 4.86. The Balaban J connectivity index is 1.77. The van der Waals surface area contributed by atoms with E-state index in [1.165, 1.54) is 0 Å². The molecule has 0 amide bonds. The van der Waals surface area contributed by atoms with Gasteiger partial charge in [-0.1, -0.05) is 39.0 Å². The van der Waals surface area contributed by atoms with Gasteiger partial charge in [0.25, 0.3) is 0 Å². The molecule has 0 atom stereocenters. The Bertz CT molecular complexity index is 1130. The number of aryl methyl sites for hydroxylation is 2. The fraction of sp³-hybridized carbons (Fsp3) is 0.348. The van der Waals surface area contributed by atoms with Crippen LogP contribution in [0.3, 0.4) is 0 Å². The lowest BCUT2D eigenvalue weighted by molar-refractivity contribution is 0.280. The van der Waals surface area contributed by atoms with Crippen LogP contribution in [-0.2, 0) is 6.54 Å². The summed E-state index contributed by atoms with van der Waals surface area (Å²) in [4.78, 5) is 4.86. The van der Waals surface area contributed by atoms with Crippen LogP contribution in [0.25, 0.3) is 33.3 Å². The number of pyridine rings is 1. The molecule has 0 aliphatic heterocycles. The minimum atomic E-state index is 0.223. The van der Waals surface area contributed by atoms with Gasteiger partial charge in [0.1, 0.15) is 0 Å². The van der Waals surface area contributed by atoms with Crippen molar-refractivity contribution in [2.45, 2.75) is 47.6 Å². The van der Waals surface area contributed by atoms with Crippen molar-refractivity contribution in [2.75, 3.05) is 0 Å². The van der Waals surface area contributed by atoms with E-state index >= 15 is 0 Å². The predicted molar refractivity (Wildman–Crippen MR) is 114 cm³/mol. The molecule has 0 aliphatic carbocycles. The van der Waals surface area contributed by atoms with Crippen LogP contribution in [0.15, 0.2) is 42.7 Å². The Labute approximate surface area is 165 Å². The van der Waals surface area contributed by atoms with Crippen LogP contribution in [0.1, 0.15) is 38.6 Å². The molecule has 28 heavy (non-hydrogen) atoms. The summed E-state index contributed by atoms with van der Waals surface area (Å²) >= 11 is 0. The largest absolute Gasteiger partial charge is 0.282 e. The number of nitrogens with zero attached hydrogens (tertiary/aromatic N) is 4. The third-order valence-corrected chi connectivity index (χ3v) is 5.55. The monoisotopic (exact) mass is 373 g/mol. The van der Waals surface area contributed by atoms with E-state index in [-0.39, 0.29) is 5.41 Å². The van der Waals surface area contributed by atoms with Crippen LogP contribution in [0, 0.1) is 19.3 Å². The molecule has 3 aromatic heterocycles. The number of fused-ring (bicyclic) bond motifs is 1. The smallest absolute Gasteiger partial charge is 0.0930 e. The average molecular weight is 374 g/mol. The van der Waals surface area contributed by atoms with Crippen LogP contribution in [0.5, 0.6) is 0 Å². The number of benzene rings is 1. The molecule has 0 radical (unpaired) electrons. The van der Waals surface area contributed by atoms with Crippen molar-refractivity contribution in [3.63, 3.8) is 0 Å². The van der Waals surface area contributed by atoms with Gasteiger partial charge < -0.3 is 0 Å². The Kier molecular flexibility index (Phi) is 4.53. The molecule has 0 saturated carbocycles. The van der Waals surface area contributed by atoms with Crippen LogP contribution < -0.4 is 0 Å². The summed E-state index contributed by atoms with van der Waals surface area (Å²) < 4.78 is 2.04. The molecule has 3 heterocycles. The highest BCUT2D eigenvalue weighted by Gasteiger charge is 2.18. The van der Waals surface area contributed by atoms with Gasteiger partial charge in [0.15, 0.2) is 0 Å². The van der Waals surface area contributed by atoms with Gasteiger partial charge in [-0.15, -0.1) is 0 Å². The standard InChI is InChI=1S/C23H27N5/c1-6-23(4,5)14-28-13-18(12-24-28)20-9-7-15(2)25-22(20)17-8-10-19-16(3)26-27-21(19)11-17/h7-13H,6,14H2,1-5H3,(H,26,27). The lowest BCUT2D eigenvalue weighted by Gasteiger charge is -2.22. The summed E-state index contributed by atoms with van der Waals surface area (Å²) in [7, 11) is 0. The van der Waals surface area contributed by atoms with Gasteiger partial charge in [-0.05, 0) is 37.8 Å². The van der Waals surface area contributed by atoms with E-state index in [0.29, 0.717) is 0 Å². The SMILES string of the molecule is CCC(C)(C)Cn1cc(-c2ccc(C)nc2-c2ccc3c(C)[nH]nc3c2)cn1. The Hall–Kier alpha value is -2.95. The molecule has 0 fully saturated rings. The fourth-order valence-electron chi connectivity index (χ4n) is 3.44. The van der Waals surface area contributed by atoms with E-state index in [1.807, 2.05) is 24.7 Å². The van der Waals surface area contributed by atoms with E-state index < -0.39 is 0 Å². The number of H-pyrrole nitrogens is 1. The predicted octanol–water partition coefficient (Wildman–Crippen LogP) is 5.54. The maximum atomic E-state index is 4.86. The van der Waals surface area contributed by atoms with Gasteiger partial charge in [-0.25, -0.2) is 0 Å². The number of rotatable bonds is 5. The van der Waals surface area contributed by atoms with Crippen LogP contribution in [0.2, 0.25) is 0 Å². The molecule has 5 heteroatoms. The van der Waals surface area contributed by atoms with Gasteiger partial charge in [0.05, 0.1) is 17.4 Å².